The van der Waals surface area contributed by atoms with Crippen LogP contribution in [0.15, 0.2) is 11.2 Å². The van der Waals surface area contributed by atoms with E-state index in [2.05, 4.69) is 4.98 Å². The van der Waals surface area contributed by atoms with Crippen LogP contribution >= 0.6 is 23.4 Å². The predicted octanol–water partition coefficient (Wildman–Crippen LogP) is 2.50. The molecule has 0 unspecified atom stereocenters. The second kappa shape index (κ2) is 3.90. The van der Waals surface area contributed by atoms with Crippen LogP contribution in [0.3, 0.4) is 0 Å². The van der Waals surface area contributed by atoms with Crippen molar-refractivity contribution in [2.24, 2.45) is 0 Å². The summed E-state index contributed by atoms with van der Waals surface area (Å²) in [4.78, 5) is 16.3. The van der Waals surface area contributed by atoms with Gasteiger partial charge in [0.05, 0.1) is 16.9 Å². The van der Waals surface area contributed by atoms with E-state index >= 15 is 0 Å². The van der Waals surface area contributed by atoms with Gasteiger partial charge in [0.15, 0.2) is 0 Å². The Morgan fingerprint density at radius 2 is 2.47 bits per heavy atom. The van der Waals surface area contributed by atoms with Gasteiger partial charge in [-0.25, -0.2) is 9.78 Å². The molecule has 1 aromatic heterocycles. The molecule has 1 aliphatic heterocycles. The summed E-state index contributed by atoms with van der Waals surface area (Å²) in [5, 5.41) is 10.3. The number of halogens is 1. The fourth-order valence-electron chi connectivity index (χ4n) is 1.65. The smallest absolute Gasteiger partial charge is 0.411 e. The molecule has 1 aromatic rings. The molecule has 80 valence electrons. The van der Waals surface area contributed by atoms with Gasteiger partial charge in [-0.05, 0) is 12.7 Å². The van der Waals surface area contributed by atoms with Gasteiger partial charge in [0.1, 0.15) is 5.03 Å². The van der Waals surface area contributed by atoms with Gasteiger partial charge in [0, 0.05) is 12.1 Å². The van der Waals surface area contributed by atoms with Gasteiger partial charge in [0.25, 0.3) is 0 Å². The van der Waals surface area contributed by atoms with Crippen LogP contribution in [0.2, 0.25) is 5.02 Å². The van der Waals surface area contributed by atoms with E-state index < -0.39 is 6.09 Å². The minimum absolute atomic E-state index is 0.462. The van der Waals surface area contributed by atoms with E-state index in [9.17, 15) is 4.79 Å². The summed E-state index contributed by atoms with van der Waals surface area (Å²) in [5.41, 5.74) is 1.50. The van der Waals surface area contributed by atoms with Crippen molar-refractivity contribution in [3.63, 3.8) is 0 Å². The van der Waals surface area contributed by atoms with Gasteiger partial charge >= 0.3 is 6.09 Å². The molecule has 1 N–H and O–H groups in total. The van der Waals surface area contributed by atoms with Crippen LogP contribution in [0.4, 0.5) is 10.5 Å². The Balaban J connectivity index is 2.49. The Morgan fingerprint density at radius 1 is 1.73 bits per heavy atom. The second-order valence-corrected chi connectivity index (χ2v) is 4.30. The molecule has 0 spiro atoms. The third-order valence-corrected chi connectivity index (χ3v) is 3.58. The number of fused-ring (bicyclic) bond motifs is 1. The van der Waals surface area contributed by atoms with Gasteiger partial charge in [-0.2, -0.15) is 0 Å². The van der Waals surface area contributed by atoms with E-state index in [1.807, 2.05) is 6.26 Å². The number of carbonyl (C=O) groups is 1. The molecule has 1 amide bonds. The Labute approximate surface area is 96.2 Å². The highest BCUT2D eigenvalue weighted by Gasteiger charge is 2.27. The number of pyridine rings is 1. The molecule has 15 heavy (non-hydrogen) atoms. The summed E-state index contributed by atoms with van der Waals surface area (Å²) < 4.78 is 0. The first-order chi connectivity index (χ1) is 7.15. The summed E-state index contributed by atoms with van der Waals surface area (Å²) in [6.45, 7) is 0.462. The molecule has 0 saturated carbocycles. The van der Waals surface area contributed by atoms with Gasteiger partial charge in [-0.1, -0.05) is 11.6 Å². The summed E-state index contributed by atoms with van der Waals surface area (Å²) in [6.07, 6.45) is 3.18. The summed E-state index contributed by atoms with van der Waals surface area (Å²) in [5.74, 6) is 0. The van der Waals surface area contributed by atoms with Crippen molar-refractivity contribution < 1.29 is 9.90 Å². The topological polar surface area (TPSA) is 53.4 Å². The standard InChI is InChI=1S/C9H9ClN2O2S/c1-15-8-7(10)5-2-3-12(9(13)14)6(5)4-11-8/h4H,2-3H2,1H3,(H,13,14). The number of rotatable bonds is 1. The number of thioether (sulfide) groups is 1. The van der Waals surface area contributed by atoms with E-state index in [1.165, 1.54) is 16.7 Å². The first kappa shape index (κ1) is 10.6. The molecular formula is C9H9ClN2O2S. The molecule has 0 bridgehead atoms. The van der Waals surface area contributed by atoms with Crippen LogP contribution in [0.5, 0.6) is 0 Å². The van der Waals surface area contributed by atoms with Crippen molar-refractivity contribution in [1.29, 1.82) is 0 Å². The van der Waals surface area contributed by atoms with Crippen LogP contribution in [0.1, 0.15) is 5.56 Å². The second-order valence-electron chi connectivity index (χ2n) is 3.13. The maximum atomic E-state index is 10.9. The molecular weight excluding hydrogens is 236 g/mol. The zero-order valence-corrected chi connectivity index (χ0v) is 9.60. The fraction of sp³-hybridized carbons (Fsp3) is 0.333. The normalized spacial score (nSPS) is 14.1. The van der Waals surface area contributed by atoms with E-state index in [-0.39, 0.29) is 0 Å². The highest BCUT2D eigenvalue weighted by molar-refractivity contribution is 7.98. The summed E-state index contributed by atoms with van der Waals surface area (Å²) >= 11 is 7.58. The molecule has 2 rings (SSSR count). The molecule has 6 heteroatoms. The molecule has 4 nitrogen and oxygen atoms in total. The first-order valence-electron chi connectivity index (χ1n) is 4.37. The highest BCUT2D eigenvalue weighted by atomic mass is 35.5. The lowest BCUT2D eigenvalue weighted by atomic mass is 10.2. The largest absolute Gasteiger partial charge is 0.465 e. The number of aromatic nitrogens is 1. The van der Waals surface area contributed by atoms with Crippen molar-refractivity contribution in [2.75, 3.05) is 17.7 Å². The van der Waals surface area contributed by atoms with Gasteiger partial charge in [-0.3, -0.25) is 4.90 Å². The van der Waals surface area contributed by atoms with Crippen molar-refractivity contribution in [3.05, 3.63) is 16.8 Å². The number of anilines is 1. The lowest BCUT2D eigenvalue weighted by molar-refractivity contribution is 0.202. The number of carboxylic acid groups (broad SMARTS) is 1. The van der Waals surface area contributed by atoms with Gasteiger partial charge < -0.3 is 5.11 Å². The van der Waals surface area contributed by atoms with E-state index in [4.69, 9.17) is 16.7 Å². The Bertz CT molecular complexity index is 425. The van der Waals surface area contributed by atoms with Crippen molar-refractivity contribution in [3.8, 4) is 0 Å². The van der Waals surface area contributed by atoms with Crippen LogP contribution in [0, 0.1) is 0 Å². The molecule has 0 saturated heterocycles. The third kappa shape index (κ3) is 1.66. The Morgan fingerprint density at radius 3 is 3.07 bits per heavy atom. The number of hydrogen-bond acceptors (Lipinski definition) is 3. The molecule has 1 aliphatic rings. The lowest BCUT2D eigenvalue weighted by Crippen LogP contribution is -2.26. The zero-order chi connectivity index (χ0) is 11.0. The van der Waals surface area contributed by atoms with E-state index in [0.29, 0.717) is 23.7 Å². The molecule has 0 radical (unpaired) electrons. The van der Waals surface area contributed by atoms with Crippen molar-refractivity contribution in [1.82, 2.24) is 4.98 Å². The number of amides is 1. The SMILES string of the molecule is CSc1ncc2c(c1Cl)CCN2C(=O)O. The summed E-state index contributed by atoms with van der Waals surface area (Å²) in [6, 6.07) is 0. The highest BCUT2D eigenvalue weighted by Crippen LogP contribution is 2.37. The maximum absolute atomic E-state index is 10.9. The number of nitrogens with zero attached hydrogens (tertiary/aromatic N) is 2. The maximum Gasteiger partial charge on any atom is 0.411 e. The summed E-state index contributed by atoms with van der Waals surface area (Å²) in [7, 11) is 0. The molecule has 0 atom stereocenters. The zero-order valence-electron chi connectivity index (χ0n) is 8.03. The number of hydrogen-bond donors (Lipinski definition) is 1. The van der Waals surface area contributed by atoms with E-state index in [0.717, 1.165) is 10.6 Å². The molecule has 0 fully saturated rings. The molecule has 2 heterocycles. The minimum atomic E-state index is -0.955. The quantitative estimate of drug-likeness (QED) is 0.772. The average molecular weight is 245 g/mol. The Kier molecular flexibility index (Phi) is 2.75. The van der Waals surface area contributed by atoms with Crippen molar-refractivity contribution >= 4 is 35.1 Å². The van der Waals surface area contributed by atoms with Crippen LogP contribution in [-0.2, 0) is 6.42 Å². The molecule has 0 aliphatic carbocycles. The minimum Gasteiger partial charge on any atom is -0.465 e. The van der Waals surface area contributed by atoms with Crippen LogP contribution in [-0.4, -0.2) is 29.0 Å². The van der Waals surface area contributed by atoms with Gasteiger partial charge in [-0.15, -0.1) is 11.8 Å². The monoisotopic (exact) mass is 244 g/mol. The fourth-order valence-corrected chi connectivity index (χ4v) is 2.58. The average Bonchev–Trinajstić information content (AvgIpc) is 2.62. The third-order valence-electron chi connectivity index (χ3n) is 2.37. The van der Waals surface area contributed by atoms with Gasteiger partial charge in [0.2, 0.25) is 0 Å². The Hall–Kier alpha value is -0.940. The first-order valence-corrected chi connectivity index (χ1v) is 5.97. The molecule has 0 aromatic carbocycles. The van der Waals surface area contributed by atoms with E-state index in [1.54, 1.807) is 6.20 Å². The van der Waals surface area contributed by atoms with Crippen LogP contribution < -0.4 is 4.90 Å². The lowest BCUT2D eigenvalue weighted by Gasteiger charge is -2.12. The van der Waals surface area contributed by atoms with Crippen LogP contribution in [0.25, 0.3) is 0 Å². The van der Waals surface area contributed by atoms with Crippen molar-refractivity contribution in [2.45, 2.75) is 11.4 Å². The predicted molar refractivity (Wildman–Crippen MR) is 60.1 cm³/mol.